The number of nitrogens with two attached hydrogens (primary N) is 1. The summed E-state index contributed by atoms with van der Waals surface area (Å²) in [7, 11) is 0. The summed E-state index contributed by atoms with van der Waals surface area (Å²) < 4.78 is 19.3. The fourth-order valence-electron chi connectivity index (χ4n) is 5.38. The molecule has 0 spiro atoms. The van der Waals surface area contributed by atoms with E-state index < -0.39 is 17.7 Å². The van der Waals surface area contributed by atoms with Crippen LogP contribution in [0.25, 0.3) is 11.5 Å². The maximum atomic E-state index is 13.2. The van der Waals surface area contributed by atoms with Crippen LogP contribution in [0.1, 0.15) is 46.5 Å². The molecule has 0 radical (unpaired) electrons. The Bertz CT molecular complexity index is 1470. The van der Waals surface area contributed by atoms with Gasteiger partial charge in [-0.3, -0.25) is 9.69 Å². The predicted molar refractivity (Wildman–Crippen MR) is 159 cm³/mol. The molecule has 1 aromatic rings. The average Bonchev–Trinajstić information content (AvgIpc) is 3.54. The van der Waals surface area contributed by atoms with E-state index in [1.807, 2.05) is 42.4 Å². The first-order valence-corrected chi connectivity index (χ1v) is 15.7. The minimum atomic E-state index is -0.582. The van der Waals surface area contributed by atoms with E-state index in [1.54, 1.807) is 11.2 Å². The molecule has 42 heavy (non-hydrogen) atoms. The lowest BCUT2D eigenvalue weighted by atomic mass is 9.92. The van der Waals surface area contributed by atoms with Crippen molar-refractivity contribution >= 4 is 45.5 Å². The minimum Gasteiger partial charge on any atom is -0.454 e. The average molecular weight is 661 g/mol. The second-order valence-corrected chi connectivity index (χ2v) is 13.6. The predicted octanol–water partition coefficient (Wildman–Crippen LogP) is 4.64. The Morgan fingerprint density at radius 1 is 1.12 bits per heavy atom. The van der Waals surface area contributed by atoms with Crippen molar-refractivity contribution in [3.05, 3.63) is 22.9 Å². The van der Waals surface area contributed by atoms with Crippen LogP contribution in [0.4, 0.5) is 10.6 Å². The van der Waals surface area contributed by atoms with Crippen molar-refractivity contribution in [2.45, 2.75) is 74.7 Å². The molecule has 0 bridgehead atoms. The molecule has 224 valence electrons. The van der Waals surface area contributed by atoms with Gasteiger partial charge in [0.25, 0.3) is 0 Å². The van der Waals surface area contributed by atoms with Crippen LogP contribution in [0.15, 0.2) is 33.0 Å². The molecule has 5 heterocycles. The number of imidazole rings is 1. The highest BCUT2D eigenvalue weighted by Gasteiger charge is 2.42. The highest BCUT2D eigenvalue weighted by molar-refractivity contribution is 9.10. The van der Waals surface area contributed by atoms with Crippen LogP contribution < -0.4 is 15.2 Å². The first kappa shape index (κ1) is 28.8. The second-order valence-electron chi connectivity index (χ2n) is 11.8. The number of rotatable bonds is 6. The van der Waals surface area contributed by atoms with Gasteiger partial charge in [0.15, 0.2) is 34.0 Å². The number of amides is 2. The summed E-state index contributed by atoms with van der Waals surface area (Å²) in [6.07, 6.45) is 4.72. The van der Waals surface area contributed by atoms with Crippen molar-refractivity contribution in [2.24, 2.45) is 5.92 Å². The Balaban J connectivity index is 1.05. The first-order valence-electron chi connectivity index (χ1n) is 14.1. The number of carbonyl (C=O) groups excluding carboxylic acids is 2. The zero-order valence-electron chi connectivity index (χ0n) is 23.8. The monoisotopic (exact) mass is 659 g/mol. The number of anilines is 1. The largest absolute Gasteiger partial charge is 0.454 e. The number of likely N-dealkylation sites (tertiary alicyclic amines) is 2. The molecule has 1 aromatic carbocycles. The van der Waals surface area contributed by atoms with Gasteiger partial charge in [-0.05, 0) is 92.2 Å². The summed E-state index contributed by atoms with van der Waals surface area (Å²) in [5.74, 6) is 2.91. The van der Waals surface area contributed by atoms with Crippen LogP contribution in [0.2, 0.25) is 0 Å². The number of aromatic nitrogens is 4. The van der Waals surface area contributed by atoms with Gasteiger partial charge in [-0.25, -0.2) is 19.7 Å². The Labute approximate surface area is 256 Å². The van der Waals surface area contributed by atoms with Crippen molar-refractivity contribution in [1.29, 1.82) is 0 Å². The molecule has 0 aromatic heterocycles. The minimum absolute atomic E-state index is 0.0237. The molecule has 14 heteroatoms. The van der Waals surface area contributed by atoms with Crippen molar-refractivity contribution < 1.29 is 23.8 Å². The summed E-state index contributed by atoms with van der Waals surface area (Å²) in [6.45, 7) is 8.34. The molecular formula is C28H34BrN7O5S. The number of fused-ring (bicyclic) bond motifs is 2. The number of halogens is 1. The lowest BCUT2D eigenvalue weighted by molar-refractivity contribution is -0.142. The van der Waals surface area contributed by atoms with Crippen LogP contribution in [0.3, 0.4) is 0 Å². The lowest BCUT2D eigenvalue weighted by Gasteiger charge is -2.43. The Hall–Kier alpha value is -3.26. The zero-order chi connectivity index (χ0) is 29.6. The van der Waals surface area contributed by atoms with E-state index >= 15 is 0 Å². The van der Waals surface area contributed by atoms with E-state index in [1.165, 1.54) is 11.8 Å². The molecule has 0 saturated carbocycles. The van der Waals surface area contributed by atoms with Gasteiger partial charge in [-0.2, -0.15) is 0 Å². The molecule has 1 unspecified atom stereocenters. The first-order chi connectivity index (χ1) is 20.1. The zero-order valence-corrected chi connectivity index (χ0v) is 26.2. The van der Waals surface area contributed by atoms with Crippen LogP contribution >= 0.6 is 27.7 Å². The smallest absolute Gasteiger partial charge is 0.410 e. The molecule has 2 N–H and O–H groups in total. The van der Waals surface area contributed by atoms with Gasteiger partial charge in [-0.1, -0.05) is 0 Å². The summed E-state index contributed by atoms with van der Waals surface area (Å²) in [5, 5.41) is 0.571. The van der Waals surface area contributed by atoms with E-state index in [0.29, 0.717) is 72.5 Å². The summed E-state index contributed by atoms with van der Waals surface area (Å²) in [6, 6.07) is 3.37. The molecule has 1 atom stereocenters. The van der Waals surface area contributed by atoms with Crippen molar-refractivity contribution in [3.63, 3.8) is 0 Å². The van der Waals surface area contributed by atoms with Gasteiger partial charge < -0.3 is 29.4 Å². The number of carbonyl (C=O) groups is 2. The lowest BCUT2D eigenvalue weighted by Crippen LogP contribution is -2.60. The number of hydrogen-bond acceptors (Lipinski definition) is 10. The topological polar surface area (TPSA) is 138 Å². The fourth-order valence-corrected chi connectivity index (χ4v) is 6.73. The third kappa shape index (κ3) is 5.96. The number of nitrogen functional groups attached to an aromatic ring is 1. The number of ether oxygens (including phenoxy) is 3. The molecule has 2 saturated heterocycles. The molecule has 5 aliphatic heterocycles. The highest BCUT2D eigenvalue weighted by Crippen LogP contribution is 2.43. The Kier molecular flexibility index (Phi) is 7.85. The molecule has 12 nitrogen and oxygen atoms in total. The molecule has 0 aliphatic carbocycles. The van der Waals surface area contributed by atoms with Crippen LogP contribution in [-0.2, 0) is 16.1 Å². The number of hydrogen-bond donors (Lipinski definition) is 1. The van der Waals surface area contributed by atoms with E-state index in [0.717, 1.165) is 28.6 Å². The SMILES string of the molecule is CC(C)(C)OC(=O)N1CCC1C(=O)N1CCC(CCn2cnc(N)c3nc(Sc4cc5c(cc4Br)OCO5)nc2-3)CC1. The Morgan fingerprint density at radius 3 is 2.55 bits per heavy atom. The molecule has 5 aliphatic rings. The quantitative estimate of drug-likeness (QED) is 0.398. The van der Waals surface area contributed by atoms with Crippen molar-refractivity contribution in [2.75, 3.05) is 32.2 Å². The summed E-state index contributed by atoms with van der Waals surface area (Å²) in [5.41, 5.74) is 6.16. The van der Waals surface area contributed by atoms with Crippen LogP contribution in [0, 0.1) is 5.92 Å². The van der Waals surface area contributed by atoms with Gasteiger partial charge in [-0.15, -0.1) is 0 Å². The third-order valence-electron chi connectivity index (χ3n) is 7.74. The highest BCUT2D eigenvalue weighted by atomic mass is 79.9. The Morgan fingerprint density at radius 2 is 1.86 bits per heavy atom. The molecular weight excluding hydrogens is 626 g/mol. The van der Waals surface area contributed by atoms with Crippen LogP contribution in [0.5, 0.6) is 11.5 Å². The van der Waals surface area contributed by atoms with Gasteiger partial charge in [0.05, 0.1) is 6.33 Å². The molecule has 2 amide bonds. The fraction of sp³-hybridized carbons (Fsp3) is 0.536. The van der Waals surface area contributed by atoms with Crippen molar-refractivity contribution in [1.82, 2.24) is 29.3 Å². The second kappa shape index (κ2) is 11.4. The molecule has 2 fully saturated rings. The van der Waals surface area contributed by atoms with Gasteiger partial charge in [0.1, 0.15) is 11.6 Å². The van der Waals surface area contributed by atoms with E-state index in [2.05, 4.69) is 25.9 Å². The summed E-state index contributed by atoms with van der Waals surface area (Å²) >= 11 is 5.01. The van der Waals surface area contributed by atoms with E-state index in [-0.39, 0.29) is 12.7 Å². The third-order valence-corrected chi connectivity index (χ3v) is 9.58. The van der Waals surface area contributed by atoms with Gasteiger partial charge in [0.2, 0.25) is 12.7 Å². The van der Waals surface area contributed by atoms with Gasteiger partial charge >= 0.3 is 6.09 Å². The van der Waals surface area contributed by atoms with Gasteiger partial charge in [0, 0.05) is 35.5 Å². The van der Waals surface area contributed by atoms with Crippen LogP contribution in [-0.4, -0.2) is 79.4 Å². The summed E-state index contributed by atoms with van der Waals surface area (Å²) in [4.78, 5) is 43.8. The number of benzene rings is 1. The molecule has 6 rings (SSSR count). The number of aryl methyl sites for hydroxylation is 1. The van der Waals surface area contributed by atoms with E-state index in [9.17, 15) is 9.59 Å². The number of piperidine rings is 1. The standard InChI is InChI=1S/C28H34BrN7O5S/c1-28(2,3)41-27(38)36-11-7-18(36)25(37)34-8-4-16(5-9-34)6-10-35-14-31-23(30)22-24(35)33-26(32-22)42-21-13-20-19(12-17(21)29)39-15-40-20/h12-14,16,18H,4-11,15,30H2,1-3H3. The maximum Gasteiger partial charge on any atom is 0.410 e. The number of nitrogens with zero attached hydrogens (tertiary/aromatic N) is 6. The normalized spacial score (nSPS) is 18.8. The maximum absolute atomic E-state index is 13.2. The van der Waals surface area contributed by atoms with Crippen molar-refractivity contribution in [3.8, 4) is 23.0 Å². The van der Waals surface area contributed by atoms with E-state index in [4.69, 9.17) is 24.9 Å².